The van der Waals surface area contributed by atoms with E-state index in [-0.39, 0.29) is 0 Å². The first-order chi connectivity index (χ1) is 7.93. The minimum Gasteiger partial charge on any atom is -0.343 e. The molecular formula is C15H12N. The minimum atomic E-state index is 0.924. The molecule has 1 heterocycles. The van der Waals surface area contributed by atoms with Gasteiger partial charge in [0.2, 0.25) is 0 Å². The molecule has 16 heavy (non-hydrogen) atoms. The van der Waals surface area contributed by atoms with E-state index in [0.29, 0.717) is 0 Å². The summed E-state index contributed by atoms with van der Waals surface area (Å²) in [6, 6.07) is 19.8. The van der Waals surface area contributed by atoms with Crippen molar-refractivity contribution in [1.82, 2.24) is 0 Å². The second kappa shape index (κ2) is 3.86. The average molecular weight is 206 g/mol. The van der Waals surface area contributed by atoms with Crippen LogP contribution in [0.25, 0.3) is 6.08 Å². The predicted molar refractivity (Wildman–Crippen MR) is 66.9 cm³/mol. The Morgan fingerprint density at radius 2 is 1.88 bits per heavy atom. The van der Waals surface area contributed by atoms with Crippen LogP contribution in [0, 0.1) is 6.07 Å². The second-order valence-corrected chi connectivity index (χ2v) is 3.89. The lowest BCUT2D eigenvalue weighted by atomic mass is 10.0. The molecule has 1 nitrogen and oxygen atoms in total. The molecule has 1 radical (unpaired) electrons. The molecule has 3 rings (SSSR count). The van der Waals surface area contributed by atoms with Gasteiger partial charge in [-0.3, -0.25) is 0 Å². The quantitative estimate of drug-likeness (QED) is 0.690. The summed E-state index contributed by atoms with van der Waals surface area (Å²) in [6.45, 7) is 0.924. The first-order valence-electron chi connectivity index (χ1n) is 5.43. The molecule has 77 valence electrons. The van der Waals surface area contributed by atoms with E-state index in [1.165, 1.54) is 11.1 Å². The van der Waals surface area contributed by atoms with Crippen molar-refractivity contribution >= 4 is 11.8 Å². The lowest BCUT2D eigenvalue weighted by Gasteiger charge is -2.25. The zero-order chi connectivity index (χ0) is 10.8. The molecule has 2 aromatic rings. The van der Waals surface area contributed by atoms with Gasteiger partial charge in [0, 0.05) is 24.5 Å². The fourth-order valence-electron chi connectivity index (χ4n) is 1.98. The van der Waals surface area contributed by atoms with Crippen LogP contribution in [-0.2, 0) is 6.54 Å². The Morgan fingerprint density at radius 1 is 1.00 bits per heavy atom. The third kappa shape index (κ3) is 1.61. The van der Waals surface area contributed by atoms with Gasteiger partial charge in [-0.05, 0) is 23.3 Å². The zero-order valence-electron chi connectivity index (χ0n) is 8.93. The summed E-state index contributed by atoms with van der Waals surface area (Å²) in [5.74, 6) is 0. The topological polar surface area (TPSA) is 3.24 Å². The number of para-hydroxylation sites is 1. The van der Waals surface area contributed by atoms with Crippen molar-refractivity contribution in [3.05, 3.63) is 71.9 Å². The molecule has 2 aromatic carbocycles. The Bertz CT molecular complexity index is 514. The molecule has 0 aliphatic carbocycles. The van der Waals surface area contributed by atoms with Crippen molar-refractivity contribution in [2.24, 2.45) is 0 Å². The third-order valence-corrected chi connectivity index (χ3v) is 2.83. The zero-order valence-corrected chi connectivity index (χ0v) is 8.93. The molecule has 0 unspecified atom stereocenters. The van der Waals surface area contributed by atoms with E-state index in [2.05, 4.69) is 53.6 Å². The van der Waals surface area contributed by atoms with Gasteiger partial charge in [0.05, 0.1) is 0 Å². The Morgan fingerprint density at radius 3 is 2.75 bits per heavy atom. The van der Waals surface area contributed by atoms with Gasteiger partial charge in [0.25, 0.3) is 0 Å². The highest BCUT2D eigenvalue weighted by Gasteiger charge is 2.10. The molecule has 0 aromatic heterocycles. The molecular weight excluding hydrogens is 194 g/mol. The van der Waals surface area contributed by atoms with E-state index in [1.54, 1.807) is 0 Å². The van der Waals surface area contributed by atoms with Crippen molar-refractivity contribution in [3.63, 3.8) is 0 Å². The summed E-state index contributed by atoms with van der Waals surface area (Å²) in [6.07, 6.45) is 4.27. The molecule has 0 bridgehead atoms. The van der Waals surface area contributed by atoms with Crippen molar-refractivity contribution in [2.75, 3.05) is 4.90 Å². The largest absolute Gasteiger partial charge is 0.343 e. The standard InChI is InChI=1S/C15H12N/c1-2-8-15(9-3-1)16-11-10-13-6-4-5-7-14(13)12-16/h1-8,10-11H,12H2. The SMILES string of the molecule is [c]1ccccc1N1C=Cc2ccccc2C1. The number of fused-ring (bicyclic) bond motifs is 1. The van der Waals surface area contributed by atoms with Crippen LogP contribution in [0.4, 0.5) is 5.69 Å². The number of benzene rings is 2. The number of hydrogen-bond donors (Lipinski definition) is 0. The van der Waals surface area contributed by atoms with E-state index in [0.717, 1.165) is 12.2 Å². The van der Waals surface area contributed by atoms with Crippen molar-refractivity contribution in [3.8, 4) is 0 Å². The predicted octanol–water partition coefficient (Wildman–Crippen LogP) is 3.48. The highest BCUT2D eigenvalue weighted by Crippen LogP contribution is 2.23. The average Bonchev–Trinajstić information content (AvgIpc) is 2.39. The molecule has 0 saturated heterocycles. The summed E-state index contributed by atoms with van der Waals surface area (Å²) in [7, 11) is 0. The maximum atomic E-state index is 3.24. The van der Waals surface area contributed by atoms with Crippen LogP contribution in [0.1, 0.15) is 11.1 Å². The van der Waals surface area contributed by atoms with E-state index in [1.807, 2.05) is 18.2 Å². The van der Waals surface area contributed by atoms with Gasteiger partial charge in [0.15, 0.2) is 0 Å². The van der Waals surface area contributed by atoms with Crippen LogP contribution in [0.5, 0.6) is 0 Å². The first-order valence-corrected chi connectivity index (χ1v) is 5.43. The van der Waals surface area contributed by atoms with E-state index in [4.69, 9.17) is 0 Å². The van der Waals surface area contributed by atoms with Crippen LogP contribution in [-0.4, -0.2) is 0 Å². The Balaban J connectivity index is 1.95. The third-order valence-electron chi connectivity index (χ3n) is 2.83. The second-order valence-electron chi connectivity index (χ2n) is 3.89. The number of rotatable bonds is 1. The molecule has 0 spiro atoms. The first kappa shape index (κ1) is 9.22. The highest BCUT2D eigenvalue weighted by molar-refractivity contribution is 5.63. The van der Waals surface area contributed by atoms with Crippen LogP contribution in [0.15, 0.2) is 54.7 Å². The number of hydrogen-bond acceptors (Lipinski definition) is 1. The van der Waals surface area contributed by atoms with Crippen LogP contribution >= 0.6 is 0 Å². The van der Waals surface area contributed by atoms with E-state index >= 15 is 0 Å². The van der Waals surface area contributed by atoms with Crippen molar-refractivity contribution < 1.29 is 0 Å². The lowest BCUT2D eigenvalue weighted by Crippen LogP contribution is -2.18. The van der Waals surface area contributed by atoms with Crippen molar-refractivity contribution in [2.45, 2.75) is 6.54 Å². The Hall–Kier alpha value is -2.02. The Labute approximate surface area is 95.6 Å². The van der Waals surface area contributed by atoms with Gasteiger partial charge in [0.1, 0.15) is 0 Å². The molecule has 0 N–H and O–H groups in total. The Kier molecular flexibility index (Phi) is 2.22. The van der Waals surface area contributed by atoms with Crippen molar-refractivity contribution in [1.29, 1.82) is 0 Å². The summed E-state index contributed by atoms with van der Waals surface area (Å²) < 4.78 is 0. The van der Waals surface area contributed by atoms with Gasteiger partial charge in [-0.15, -0.1) is 0 Å². The summed E-state index contributed by atoms with van der Waals surface area (Å²) in [5.41, 5.74) is 3.80. The molecule has 0 saturated carbocycles. The van der Waals surface area contributed by atoms with Crippen LogP contribution < -0.4 is 4.90 Å². The fraction of sp³-hybridized carbons (Fsp3) is 0.0667. The molecule has 1 aliphatic heterocycles. The summed E-state index contributed by atoms with van der Waals surface area (Å²) in [5, 5.41) is 0. The number of nitrogens with zero attached hydrogens (tertiary/aromatic N) is 1. The molecule has 0 atom stereocenters. The van der Waals surface area contributed by atoms with Gasteiger partial charge in [-0.1, -0.05) is 42.5 Å². The van der Waals surface area contributed by atoms with Gasteiger partial charge in [-0.25, -0.2) is 0 Å². The lowest BCUT2D eigenvalue weighted by molar-refractivity contribution is 0.953. The summed E-state index contributed by atoms with van der Waals surface area (Å²) in [4.78, 5) is 2.21. The van der Waals surface area contributed by atoms with E-state index < -0.39 is 0 Å². The fourth-order valence-corrected chi connectivity index (χ4v) is 1.98. The maximum Gasteiger partial charge on any atom is 0.0489 e. The molecule has 1 heteroatoms. The normalized spacial score (nSPS) is 13.6. The van der Waals surface area contributed by atoms with E-state index in [9.17, 15) is 0 Å². The highest BCUT2D eigenvalue weighted by atomic mass is 15.1. The maximum absolute atomic E-state index is 3.24. The van der Waals surface area contributed by atoms with Crippen LogP contribution in [0.3, 0.4) is 0 Å². The molecule has 0 fully saturated rings. The van der Waals surface area contributed by atoms with Crippen LogP contribution in [0.2, 0.25) is 0 Å². The van der Waals surface area contributed by atoms with Gasteiger partial charge < -0.3 is 4.90 Å². The van der Waals surface area contributed by atoms with Gasteiger partial charge >= 0.3 is 0 Å². The smallest absolute Gasteiger partial charge is 0.0489 e. The summed E-state index contributed by atoms with van der Waals surface area (Å²) >= 11 is 0. The number of anilines is 1. The van der Waals surface area contributed by atoms with Gasteiger partial charge in [-0.2, -0.15) is 0 Å². The monoisotopic (exact) mass is 206 g/mol. The molecule has 0 amide bonds. The minimum absolute atomic E-state index is 0.924. The molecule has 1 aliphatic rings.